The molecular formula is C14H26N2OS. The molecule has 0 atom stereocenters. The molecule has 0 saturated heterocycles. The van der Waals surface area contributed by atoms with Crippen molar-refractivity contribution in [3.8, 4) is 0 Å². The summed E-state index contributed by atoms with van der Waals surface area (Å²) in [5, 5.41) is 3.43. The highest BCUT2D eigenvalue weighted by Gasteiger charge is 2.09. The standard InChI is InChI=1S/C14H26N2OS/c1-11(2)15-9-13-8-14(17-12(13)3)10-16(4)6-7-18-5/h8,11,15H,6-7,9-10H2,1-5H3. The lowest BCUT2D eigenvalue weighted by Crippen LogP contribution is -2.22. The Kier molecular flexibility index (Phi) is 6.82. The second-order valence-corrected chi connectivity index (χ2v) is 6.05. The molecule has 1 aromatic rings. The zero-order valence-electron chi connectivity index (χ0n) is 12.2. The summed E-state index contributed by atoms with van der Waals surface area (Å²) in [4.78, 5) is 2.30. The van der Waals surface area contributed by atoms with Gasteiger partial charge < -0.3 is 9.73 Å². The Morgan fingerprint density at radius 2 is 2.17 bits per heavy atom. The lowest BCUT2D eigenvalue weighted by Gasteiger charge is -2.13. The van der Waals surface area contributed by atoms with E-state index in [-0.39, 0.29) is 0 Å². The molecule has 0 radical (unpaired) electrons. The van der Waals surface area contributed by atoms with Gasteiger partial charge in [0.25, 0.3) is 0 Å². The van der Waals surface area contributed by atoms with Crippen molar-refractivity contribution in [3.05, 3.63) is 23.2 Å². The van der Waals surface area contributed by atoms with Crippen molar-refractivity contribution in [1.29, 1.82) is 0 Å². The molecular weight excluding hydrogens is 244 g/mol. The third kappa shape index (κ3) is 5.46. The van der Waals surface area contributed by atoms with E-state index in [2.05, 4.69) is 43.4 Å². The smallest absolute Gasteiger partial charge is 0.118 e. The Balaban J connectivity index is 2.49. The topological polar surface area (TPSA) is 28.4 Å². The molecule has 0 amide bonds. The number of nitrogens with zero attached hydrogens (tertiary/aromatic N) is 1. The quantitative estimate of drug-likeness (QED) is 0.786. The van der Waals surface area contributed by atoms with Crippen molar-refractivity contribution in [3.63, 3.8) is 0 Å². The van der Waals surface area contributed by atoms with Crippen LogP contribution in [0.15, 0.2) is 10.5 Å². The molecule has 0 bridgehead atoms. The molecule has 1 rings (SSSR count). The third-order valence-corrected chi connectivity index (χ3v) is 3.47. The van der Waals surface area contributed by atoms with Crippen LogP contribution in [0, 0.1) is 6.92 Å². The van der Waals surface area contributed by atoms with Gasteiger partial charge in [-0.2, -0.15) is 11.8 Å². The molecule has 1 aromatic heterocycles. The number of furan rings is 1. The van der Waals surface area contributed by atoms with Crippen LogP contribution in [0.1, 0.15) is 30.9 Å². The second kappa shape index (κ2) is 7.87. The molecule has 0 fully saturated rings. The van der Waals surface area contributed by atoms with Crippen LogP contribution < -0.4 is 5.32 Å². The molecule has 0 aliphatic rings. The van der Waals surface area contributed by atoms with Gasteiger partial charge in [0.1, 0.15) is 11.5 Å². The Morgan fingerprint density at radius 3 is 2.78 bits per heavy atom. The normalized spacial score (nSPS) is 11.7. The average Bonchev–Trinajstić information content (AvgIpc) is 2.64. The zero-order valence-corrected chi connectivity index (χ0v) is 13.1. The first-order valence-electron chi connectivity index (χ1n) is 6.52. The summed E-state index contributed by atoms with van der Waals surface area (Å²) in [6.45, 7) is 9.24. The maximum absolute atomic E-state index is 5.81. The molecule has 0 unspecified atom stereocenters. The SMILES string of the molecule is CSCCN(C)Cc1cc(CNC(C)C)c(C)o1. The Morgan fingerprint density at radius 1 is 1.44 bits per heavy atom. The molecule has 0 aliphatic heterocycles. The molecule has 18 heavy (non-hydrogen) atoms. The minimum atomic E-state index is 0.506. The van der Waals surface area contributed by atoms with Gasteiger partial charge in [-0.05, 0) is 26.3 Å². The van der Waals surface area contributed by atoms with E-state index in [1.54, 1.807) is 0 Å². The van der Waals surface area contributed by atoms with E-state index in [0.717, 1.165) is 36.9 Å². The molecule has 1 heterocycles. The average molecular weight is 270 g/mol. The number of rotatable bonds is 8. The summed E-state index contributed by atoms with van der Waals surface area (Å²) in [5.74, 6) is 3.27. The van der Waals surface area contributed by atoms with E-state index >= 15 is 0 Å². The number of hydrogen-bond donors (Lipinski definition) is 1. The zero-order chi connectivity index (χ0) is 13.5. The van der Waals surface area contributed by atoms with E-state index < -0.39 is 0 Å². The number of nitrogens with one attached hydrogen (secondary N) is 1. The summed E-state index contributed by atoms with van der Waals surface area (Å²) in [5.41, 5.74) is 1.27. The predicted octanol–water partition coefficient (Wildman–Crippen LogP) is 2.88. The van der Waals surface area contributed by atoms with Gasteiger partial charge in [-0.15, -0.1) is 0 Å². The maximum Gasteiger partial charge on any atom is 0.118 e. The van der Waals surface area contributed by atoms with E-state index in [9.17, 15) is 0 Å². The van der Waals surface area contributed by atoms with Crippen molar-refractivity contribution in [2.45, 2.75) is 39.9 Å². The van der Waals surface area contributed by atoms with Crippen molar-refractivity contribution in [1.82, 2.24) is 10.2 Å². The van der Waals surface area contributed by atoms with E-state index in [0.29, 0.717) is 6.04 Å². The van der Waals surface area contributed by atoms with Gasteiger partial charge in [0, 0.05) is 30.4 Å². The fourth-order valence-corrected chi connectivity index (χ4v) is 2.24. The highest BCUT2D eigenvalue weighted by Crippen LogP contribution is 2.16. The molecule has 3 nitrogen and oxygen atoms in total. The fourth-order valence-electron chi connectivity index (χ4n) is 1.75. The van der Waals surface area contributed by atoms with Crippen molar-refractivity contribution < 1.29 is 4.42 Å². The van der Waals surface area contributed by atoms with Gasteiger partial charge in [-0.25, -0.2) is 0 Å². The summed E-state index contributed by atoms with van der Waals surface area (Å²) in [7, 11) is 2.14. The Hall–Kier alpha value is -0.450. The molecule has 4 heteroatoms. The van der Waals surface area contributed by atoms with Gasteiger partial charge >= 0.3 is 0 Å². The van der Waals surface area contributed by atoms with Gasteiger partial charge in [0.05, 0.1) is 6.54 Å². The third-order valence-electron chi connectivity index (χ3n) is 2.88. The van der Waals surface area contributed by atoms with Crippen LogP contribution in [0.4, 0.5) is 0 Å². The molecule has 0 aromatic carbocycles. The molecule has 0 saturated carbocycles. The minimum Gasteiger partial charge on any atom is -0.465 e. The van der Waals surface area contributed by atoms with Gasteiger partial charge in [-0.3, -0.25) is 4.90 Å². The first-order valence-corrected chi connectivity index (χ1v) is 7.91. The van der Waals surface area contributed by atoms with Crippen molar-refractivity contribution in [2.24, 2.45) is 0 Å². The largest absolute Gasteiger partial charge is 0.465 e. The van der Waals surface area contributed by atoms with Gasteiger partial charge in [-0.1, -0.05) is 13.8 Å². The highest BCUT2D eigenvalue weighted by atomic mass is 32.2. The summed E-state index contributed by atoms with van der Waals surface area (Å²) < 4.78 is 5.81. The van der Waals surface area contributed by atoms with Crippen LogP contribution in [0.5, 0.6) is 0 Å². The van der Waals surface area contributed by atoms with Crippen LogP contribution in [-0.4, -0.2) is 36.5 Å². The maximum atomic E-state index is 5.81. The highest BCUT2D eigenvalue weighted by molar-refractivity contribution is 7.98. The Labute approximate surface area is 115 Å². The van der Waals surface area contributed by atoms with Crippen molar-refractivity contribution in [2.75, 3.05) is 25.6 Å². The summed E-state index contributed by atoms with van der Waals surface area (Å²) in [6, 6.07) is 2.69. The Bertz CT molecular complexity index is 350. The van der Waals surface area contributed by atoms with E-state index in [1.807, 2.05) is 18.7 Å². The first-order chi connectivity index (χ1) is 8.52. The molecule has 0 aliphatic carbocycles. The lowest BCUT2D eigenvalue weighted by atomic mass is 10.2. The number of hydrogen-bond acceptors (Lipinski definition) is 4. The summed E-state index contributed by atoms with van der Waals surface area (Å²) in [6.07, 6.45) is 2.14. The minimum absolute atomic E-state index is 0.506. The number of thioether (sulfide) groups is 1. The second-order valence-electron chi connectivity index (χ2n) is 5.06. The number of aryl methyl sites for hydroxylation is 1. The molecule has 0 spiro atoms. The van der Waals surface area contributed by atoms with E-state index in [4.69, 9.17) is 4.42 Å². The van der Waals surface area contributed by atoms with Gasteiger partial charge in [0.15, 0.2) is 0 Å². The molecule has 104 valence electrons. The first kappa shape index (κ1) is 15.6. The van der Waals surface area contributed by atoms with Crippen molar-refractivity contribution >= 4 is 11.8 Å². The van der Waals surface area contributed by atoms with E-state index in [1.165, 1.54) is 5.56 Å². The molecule has 1 N–H and O–H groups in total. The van der Waals surface area contributed by atoms with Crippen LogP contribution in [0.2, 0.25) is 0 Å². The van der Waals surface area contributed by atoms with Gasteiger partial charge in [0.2, 0.25) is 0 Å². The monoisotopic (exact) mass is 270 g/mol. The van der Waals surface area contributed by atoms with Crippen LogP contribution in [0.3, 0.4) is 0 Å². The predicted molar refractivity (Wildman–Crippen MR) is 80.1 cm³/mol. The van der Waals surface area contributed by atoms with Crippen LogP contribution in [0.25, 0.3) is 0 Å². The fraction of sp³-hybridized carbons (Fsp3) is 0.714. The van der Waals surface area contributed by atoms with Crippen LogP contribution in [-0.2, 0) is 13.1 Å². The lowest BCUT2D eigenvalue weighted by molar-refractivity contribution is 0.308. The van der Waals surface area contributed by atoms with Crippen LogP contribution >= 0.6 is 11.8 Å². The summed E-state index contributed by atoms with van der Waals surface area (Å²) >= 11 is 1.88.